The number of amides is 1. The van der Waals surface area contributed by atoms with Gasteiger partial charge in [0.15, 0.2) is 0 Å². The van der Waals surface area contributed by atoms with E-state index in [9.17, 15) is 14.7 Å². The number of aliphatic hydroxyl groups is 1. The van der Waals surface area contributed by atoms with E-state index in [2.05, 4.69) is 13.8 Å². The van der Waals surface area contributed by atoms with Gasteiger partial charge in [-0.05, 0) is 50.8 Å². The first-order chi connectivity index (χ1) is 14.4. The van der Waals surface area contributed by atoms with Gasteiger partial charge in [0.05, 0.1) is 31.2 Å². The lowest BCUT2D eigenvalue weighted by Gasteiger charge is -2.25. The average molecular weight is 428 g/mol. The van der Waals surface area contributed by atoms with E-state index in [0.717, 1.165) is 42.1 Å². The van der Waals surface area contributed by atoms with Gasteiger partial charge in [-0.1, -0.05) is 23.8 Å². The van der Waals surface area contributed by atoms with Crippen molar-refractivity contribution in [3.63, 3.8) is 0 Å². The van der Waals surface area contributed by atoms with Crippen LogP contribution in [0.5, 0.6) is 0 Å². The highest BCUT2D eigenvalue weighted by molar-refractivity contribution is 7.10. The minimum absolute atomic E-state index is 0.0789. The summed E-state index contributed by atoms with van der Waals surface area (Å²) >= 11 is 1.50. The molecular formula is C24H31N2O3S+. The van der Waals surface area contributed by atoms with Crippen molar-refractivity contribution in [1.29, 1.82) is 0 Å². The smallest absolute Gasteiger partial charge is 0.295 e. The van der Waals surface area contributed by atoms with E-state index >= 15 is 0 Å². The van der Waals surface area contributed by atoms with E-state index in [-0.39, 0.29) is 11.3 Å². The number of hydrogen-bond donors (Lipinski definition) is 2. The van der Waals surface area contributed by atoms with Crippen LogP contribution in [0.2, 0.25) is 0 Å². The molecule has 0 saturated carbocycles. The predicted molar refractivity (Wildman–Crippen MR) is 121 cm³/mol. The number of carbonyl (C=O) groups is 2. The zero-order chi connectivity index (χ0) is 21.8. The fourth-order valence-corrected chi connectivity index (χ4v) is 4.94. The Kier molecular flexibility index (Phi) is 7.10. The summed E-state index contributed by atoms with van der Waals surface area (Å²) in [4.78, 5) is 30.0. The van der Waals surface area contributed by atoms with Gasteiger partial charge in [0.2, 0.25) is 0 Å². The maximum atomic E-state index is 13.0. The first-order valence-electron chi connectivity index (χ1n) is 10.6. The van der Waals surface area contributed by atoms with Crippen molar-refractivity contribution in [2.24, 2.45) is 0 Å². The fraction of sp³-hybridized carbons (Fsp3) is 0.417. The molecule has 2 N–H and O–H groups in total. The predicted octanol–water partition coefficient (Wildman–Crippen LogP) is 3.10. The number of carbonyl (C=O) groups excluding carboxylic acids is 2. The quantitative estimate of drug-likeness (QED) is 0.387. The Hall–Kier alpha value is -2.44. The van der Waals surface area contributed by atoms with Crippen LogP contribution in [0.25, 0.3) is 5.76 Å². The Balaban J connectivity index is 2.01. The van der Waals surface area contributed by atoms with E-state index in [1.54, 1.807) is 4.90 Å². The molecule has 1 fully saturated rings. The summed E-state index contributed by atoms with van der Waals surface area (Å²) in [7, 11) is 0. The van der Waals surface area contributed by atoms with E-state index in [4.69, 9.17) is 0 Å². The van der Waals surface area contributed by atoms with Gasteiger partial charge in [-0.3, -0.25) is 9.59 Å². The number of quaternary nitrogens is 1. The van der Waals surface area contributed by atoms with Crippen molar-refractivity contribution in [1.82, 2.24) is 4.90 Å². The molecule has 1 saturated heterocycles. The van der Waals surface area contributed by atoms with Gasteiger partial charge in [-0.25, -0.2) is 0 Å². The number of rotatable bonds is 8. The summed E-state index contributed by atoms with van der Waals surface area (Å²) in [5.74, 6) is -1.19. The van der Waals surface area contributed by atoms with Crippen molar-refractivity contribution in [3.05, 3.63) is 62.9 Å². The largest absolute Gasteiger partial charge is 0.507 e. The second-order valence-electron chi connectivity index (χ2n) is 7.89. The third-order valence-corrected chi connectivity index (χ3v) is 6.85. The fourth-order valence-electron chi connectivity index (χ4n) is 4.09. The average Bonchev–Trinajstić information content (AvgIpc) is 3.35. The van der Waals surface area contributed by atoms with Gasteiger partial charge in [0, 0.05) is 23.4 Å². The second kappa shape index (κ2) is 9.58. The van der Waals surface area contributed by atoms with E-state index < -0.39 is 17.7 Å². The SMILES string of the molecule is CC[NH+](CC)CCCN1C(=O)C(=O)C(=C(O)c2cc(C)ccc2C)[C@@H]1c1cccs1. The van der Waals surface area contributed by atoms with Crippen LogP contribution in [0.3, 0.4) is 0 Å². The van der Waals surface area contributed by atoms with Gasteiger partial charge < -0.3 is 14.9 Å². The Morgan fingerprint density at radius 2 is 1.90 bits per heavy atom. The molecule has 2 aromatic rings. The number of aliphatic hydroxyl groups excluding tert-OH is 1. The molecule has 0 aliphatic carbocycles. The molecule has 1 atom stereocenters. The number of nitrogens with zero attached hydrogens (tertiary/aromatic N) is 1. The molecule has 3 rings (SSSR count). The Labute approximate surface area is 182 Å². The van der Waals surface area contributed by atoms with Crippen molar-refractivity contribution >= 4 is 28.8 Å². The molecule has 0 unspecified atom stereocenters. The van der Waals surface area contributed by atoms with E-state index in [0.29, 0.717) is 12.1 Å². The first kappa shape index (κ1) is 22.2. The number of benzene rings is 1. The van der Waals surface area contributed by atoms with Crippen LogP contribution in [-0.2, 0) is 9.59 Å². The second-order valence-corrected chi connectivity index (χ2v) is 8.87. The number of thiophene rings is 1. The van der Waals surface area contributed by atoms with Crippen LogP contribution in [0.1, 0.15) is 47.9 Å². The lowest BCUT2D eigenvalue weighted by molar-refractivity contribution is -0.896. The summed E-state index contributed by atoms with van der Waals surface area (Å²) in [6.07, 6.45) is 0.815. The van der Waals surface area contributed by atoms with Gasteiger partial charge >= 0.3 is 0 Å². The zero-order valence-corrected chi connectivity index (χ0v) is 19.0. The van der Waals surface area contributed by atoms with E-state index in [1.807, 2.05) is 49.6 Å². The molecule has 1 aliphatic rings. The maximum absolute atomic E-state index is 13.0. The zero-order valence-electron chi connectivity index (χ0n) is 18.2. The summed E-state index contributed by atoms with van der Waals surface area (Å²) < 4.78 is 0. The molecule has 1 aliphatic heterocycles. The lowest BCUT2D eigenvalue weighted by Crippen LogP contribution is -3.11. The van der Waals surface area contributed by atoms with Crippen LogP contribution in [-0.4, -0.2) is 47.9 Å². The van der Waals surface area contributed by atoms with Crippen LogP contribution in [0.4, 0.5) is 0 Å². The van der Waals surface area contributed by atoms with E-state index in [1.165, 1.54) is 16.2 Å². The van der Waals surface area contributed by atoms with Gasteiger partial charge in [0.1, 0.15) is 5.76 Å². The van der Waals surface area contributed by atoms with Crippen LogP contribution in [0.15, 0.2) is 41.3 Å². The molecule has 5 nitrogen and oxygen atoms in total. The summed E-state index contributed by atoms with van der Waals surface area (Å²) in [5, 5.41) is 13.1. The Bertz CT molecular complexity index is 945. The van der Waals surface area contributed by atoms with Crippen molar-refractivity contribution in [3.8, 4) is 0 Å². The third-order valence-electron chi connectivity index (χ3n) is 5.93. The van der Waals surface area contributed by atoms with Gasteiger partial charge in [-0.2, -0.15) is 0 Å². The van der Waals surface area contributed by atoms with Crippen molar-refractivity contribution < 1.29 is 19.6 Å². The van der Waals surface area contributed by atoms with Crippen LogP contribution >= 0.6 is 11.3 Å². The number of Topliss-reactive ketones (excluding diaryl/α,β-unsaturated/α-hetero) is 1. The van der Waals surface area contributed by atoms with Crippen LogP contribution in [0, 0.1) is 13.8 Å². The number of ketones is 1. The highest BCUT2D eigenvalue weighted by Gasteiger charge is 2.46. The molecule has 0 bridgehead atoms. The third kappa shape index (κ3) is 4.35. The van der Waals surface area contributed by atoms with Crippen molar-refractivity contribution in [2.45, 2.75) is 40.2 Å². The minimum Gasteiger partial charge on any atom is -0.507 e. The van der Waals surface area contributed by atoms with Crippen molar-refractivity contribution in [2.75, 3.05) is 26.2 Å². The maximum Gasteiger partial charge on any atom is 0.295 e. The van der Waals surface area contributed by atoms with Gasteiger partial charge in [0.25, 0.3) is 11.7 Å². The Morgan fingerprint density at radius 1 is 1.17 bits per heavy atom. The molecule has 2 heterocycles. The lowest BCUT2D eigenvalue weighted by atomic mass is 9.96. The molecular weight excluding hydrogens is 396 g/mol. The van der Waals surface area contributed by atoms with Gasteiger partial charge in [-0.15, -0.1) is 11.3 Å². The van der Waals surface area contributed by atoms with Crippen LogP contribution < -0.4 is 4.90 Å². The molecule has 1 aromatic carbocycles. The number of aryl methyl sites for hydroxylation is 2. The normalized spacial score (nSPS) is 18.6. The summed E-state index contributed by atoms with van der Waals surface area (Å²) in [6, 6.07) is 9.08. The molecule has 160 valence electrons. The number of hydrogen-bond acceptors (Lipinski definition) is 4. The monoisotopic (exact) mass is 427 g/mol. The number of likely N-dealkylation sites (tertiary alicyclic amines) is 1. The molecule has 6 heteroatoms. The standard InChI is InChI=1S/C24H30N2O3S/c1-5-25(6-2)12-8-13-26-21(19-9-7-14-30-19)20(23(28)24(26)29)22(27)18-15-16(3)10-11-17(18)4/h7,9-11,14-15,21,27H,5-6,8,12-13H2,1-4H3/p+1/t21-/m0/s1. The molecule has 0 radical (unpaired) electrons. The molecule has 30 heavy (non-hydrogen) atoms. The topological polar surface area (TPSA) is 62.0 Å². The summed E-state index contributed by atoms with van der Waals surface area (Å²) in [5.41, 5.74) is 2.68. The molecule has 1 amide bonds. The number of nitrogens with one attached hydrogen (secondary N) is 1. The minimum atomic E-state index is -0.595. The molecule has 0 spiro atoms. The highest BCUT2D eigenvalue weighted by atomic mass is 32.1. The highest BCUT2D eigenvalue weighted by Crippen LogP contribution is 2.41. The Morgan fingerprint density at radius 3 is 2.53 bits per heavy atom. The summed E-state index contributed by atoms with van der Waals surface area (Å²) in [6.45, 7) is 11.7. The first-order valence-corrected chi connectivity index (χ1v) is 11.5. The molecule has 1 aromatic heterocycles.